The van der Waals surface area contributed by atoms with Gasteiger partial charge >= 0.3 is 0 Å². The molecule has 2 aliphatic rings. The van der Waals surface area contributed by atoms with Gasteiger partial charge in [-0.25, -0.2) is 0 Å². The van der Waals surface area contributed by atoms with E-state index in [0.717, 1.165) is 22.3 Å². The molecule has 1 aromatic carbocycles. The first-order valence-corrected chi connectivity index (χ1v) is 5.27. The number of likely N-dealkylation sites (N-methyl/N-ethyl adjacent to an activating group) is 1. The van der Waals surface area contributed by atoms with Gasteiger partial charge in [-0.3, -0.25) is 4.79 Å². The maximum absolute atomic E-state index is 12.1. The molecule has 2 nitrogen and oxygen atoms in total. The number of benzene rings is 1. The number of rotatable bonds is 1. The molecule has 3 rings (SSSR count). The van der Waals surface area contributed by atoms with Crippen LogP contribution in [0.1, 0.15) is 11.1 Å². The van der Waals surface area contributed by atoms with Crippen molar-refractivity contribution in [2.45, 2.75) is 0 Å². The number of hydrogen-bond donors (Lipinski definition) is 1. The van der Waals surface area contributed by atoms with E-state index >= 15 is 0 Å². The lowest BCUT2D eigenvalue weighted by atomic mass is 9.94. The van der Waals surface area contributed by atoms with E-state index in [-0.39, 0.29) is 5.78 Å². The third-order valence-electron chi connectivity index (χ3n) is 3.02. The van der Waals surface area contributed by atoms with Gasteiger partial charge in [-0.1, -0.05) is 30.3 Å². The Morgan fingerprint density at radius 1 is 1.06 bits per heavy atom. The van der Waals surface area contributed by atoms with Gasteiger partial charge in [0.1, 0.15) is 0 Å². The van der Waals surface area contributed by atoms with Crippen LogP contribution in [0.25, 0.3) is 11.6 Å². The average molecular weight is 209 g/mol. The third-order valence-corrected chi connectivity index (χ3v) is 3.02. The molecule has 2 heteroatoms. The summed E-state index contributed by atoms with van der Waals surface area (Å²) in [4.78, 5) is 12.1. The van der Waals surface area contributed by atoms with Crippen molar-refractivity contribution in [2.75, 3.05) is 7.05 Å². The van der Waals surface area contributed by atoms with Crippen molar-refractivity contribution >= 4 is 17.4 Å². The normalized spacial score (nSPS) is 17.1. The molecule has 0 radical (unpaired) electrons. The van der Waals surface area contributed by atoms with Gasteiger partial charge in [-0.15, -0.1) is 0 Å². The van der Waals surface area contributed by atoms with E-state index in [1.807, 2.05) is 36.4 Å². The van der Waals surface area contributed by atoms with Crippen LogP contribution in [0.15, 0.2) is 47.7 Å². The zero-order chi connectivity index (χ0) is 11.1. The molecule has 1 aromatic rings. The molecule has 0 bridgehead atoms. The molecule has 78 valence electrons. The standard InChI is InChI=1S/C14H11NO/c1-15-13-7-6-11-10-5-3-2-4-9(10)8-12(11)14(13)16/h2-8,15H,1H3. The highest BCUT2D eigenvalue weighted by Crippen LogP contribution is 2.38. The Bertz CT molecular complexity index is 576. The van der Waals surface area contributed by atoms with Gasteiger partial charge in [0, 0.05) is 12.6 Å². The number of ketones is 1. The minimum Gasteiger partial charge on any atom is -0.385 e. The second-order valence-corrected chi connectivity index (χ2v) is 3.89. The monoisotopic (exact) mass is 209 g/mol. The number of carbonyl (C=O) groups excluding carboxylic acids is 1. The SMILES string of the molecule is CNC1=CC=C2C(=Cc3ccccc32)C1=O. The average Bonchev–Trinajstić information content (AvgIpc) is 2.69. The number of allylic oxidation sites excluding steroid dienone is 4. The predicted octanol–water partition coefficient (Wildman–Crippen LogP) is 2.15. The van der Waals surface area contributed by atoms with Gasteiger partial charge in [0.25, 0.3) is 0 Å². The lowest BCUT2D eigenvalue weighted by molar-refractivity contribution is -0.112. The minimum absolute atomic E-state index is 0.0798. The Morgan fingerprint density at radius 3 is 2.69 bits per heavy atom. The second-order valence-electron chi connectivity index (χ2n) is 3.89. The number of Topliss-reactive ketones (excluding diaryl/α,β-unsaturated/α-hetero) is 1. The molecule has 2 aliphatic carbocycles. The lowest BCUT2D eigenvalue weighted by Crippen LogP contribution is -2.19. The van der Waals surface area contributed by atoms with Crippen molar-refractivity contribution in [1.82, 2.24) is 5.32 Å². The maximum atomic E-state index is 12.1. The second kappa shape index (κ2) is 3.20. The summed E-state index contributed by atoms with van der Waals surface area (Å²) in [5.41, 5.74) is 4.77. The van der Waals surface area contributed by atoms with Gasteiger partial charge in [-0.2, -0.15) is 0 Å². The van der Waals surface area contributed by atoms with E-state index in [1.165, 1.54) is 0 Å². The fourth-order valence-electron chi connectivity index (χ4n) is 2.20. The van der Waals surface area contributed by atoms with Crippen molar-refractivity contribution in [3.63, 3.8) is 0 Å². The van der Waals surface area contributed by atoms with Crippen molar-refractivity contribution < 1.29 is 4.79 Å². The summed E-state index contributed by atoms with van der Waals surface area (Å²) >= 11 is 0. The van der Waals surface area contributed by atoms with Crippen LogP contribution in [0.4, 0.5) is 0 Å². The highest BCUT2D eigenvalue weighted by Gasteiger charge is 2.27. The molecule has 0 unspecified atom stereocenters. The van der Waals surface area contributed by atoms with Crippen LogP contribution in [0, 0.1) is 0 Å². The van der Waals surface area contributed by atoms with Crippen LogP contribution in [-0.4, -0.2) is 12.8 Å². The van der Waals surface area contributed by atoms with Crippen LogP contribution in [0.3, 0.4) is 0 Å². The predicted molar refractivity (Wildman–Crippen MR) is 64.5 cm³/mol. The summed E-state index contributed by atoms with van der Waals surface area (Å²) in [5, 5.41) is 2.92. The molecular weight excluding hydrogens is 198 g/mol. The number of fused-ring (bicyclic) bond motifs is 3. The van der Waals surface area contributed by atoms with Gasteiger partial charge in [0.2, 0.25) is 5.78 Å². The summed E-state index contributed by atoms with van der Waals surface area (Å²) in [7, 11) is 1.77. The van der Waals surface area contributed by atoms with Crippen LogP contribution in [0.5, 0.6) is 0 Å². The maximum Gasteiger partial charge on any atom is 0.209 e. The zero-order valence-corrected chi connectivity index (χ0v) is 8.95. The summed E-state index contributed by atoms with van der Waals surface area (Å²) in [6.07, 6.45) is 5.82. The molecule has 0 aromatic heterocycles. The molecule has 0 fully saturated rings. The topological polar surface area (TPSA) is 29.1 Å². The minimum atomic E-state index is 0.0798. The lowest BCUT2D eigenvalue weighted by Gasteiger charge is -2.13. The number of nitrogens with one attached hydrogen (secondary N) is 1. The van der Waals surface area contributed by atoms with Crippen LogP contribution in [0.2, 0.25) is 0 Å². The number of carbonyl (C=O) groups is 1. The van der Waals surface area contributed by atoms with E-state index in [9.17, 15) is 4.79 Å². The van der Waals surface area contributed by atoms with Gasteiger partial charge in [-0.05, 0) is 28.9 Å². The zero-order valence-electron chi connectivity index (χ0n) is 8.95. The molecule has 0 heterocycles. The molecular formula is C14H11NO. The first kappa shape index (κ1) is 9.16. The Morgan fingerprint density at radius 2 is 1.88 bits per heavy atom. The Labute approximate surface area is 94.0 Å². The van der Waals surface area contributed by atoms with Crippen molar-refractivity contribution in [3.8, 4) is 0 Å². The molecule has 0 aliphatic heterocycles. The molecule has 0 amide bonds. The Hall–Kier alpha value is -2.09. The highest BCUT2D eigenvalue weighted by atomic mass is 16.1. The van der Waals surface area contributed by atoms with Crippen molar-refractivity contribution in [3.05, 3.63) is 58.8 Å². The first-order chi connectivity index (χ1) is 7.81. The van der Waals surface area contributed by atoms with Gasteiger partial charge in [0.05, 0.1) is 5.70 Å². The third kappa shape index (κ3) is 1.10. The molecule has 0 saturated carbocycles. The summed E-state index contributed by atoms with van der Waals surface area (Å²) in [6, 6.07) is 8.08. The Balaban J connectivity index is 2.19. The molecule has 16 heavy (non-hydrogen) atoms. The highest BCUT2D eigenvalue weighted by molar-refractivity contribution is 6.25. The first-order valence-electron chi connectivity index (χ1n) is 5.27. The Kier molecular flexibility index (Phi) is 1.83. The van der Waals surface area contributed by atoms with Crippen LogP contribution < -0.4 is 5.32 Å². The molecule has 1 N–H and O–H groups in total. The summed E-state index contributed by atoms with van der Waals surface area (Å²) in [6.45, 7) is 0. The van der Waals surface area contributed by atoms with E-state index in [0.29, 0.717) is 5.70 Å². The quantitative estimate of drug-likeness (QED) is 0.767. The summed E-state index contributed by atoms with van der Waals surface area (Å²) in [5.74, 6) is 0.0798. The summed E-state index contributed by atoms with van der Waals surface area (Å²) < 4.78 is 0. The van der Waals surface area contributed by atoms with Gasteiger partial charge in [0.15, 0.2) is 0 Å². The van der Waals surface area contributed by atoms with E-state index in [2.05, 4.69) is 11.4 Å². The van der Waals surface area contributed by atoms with Crippen molar-refractivity contribution in [1.29, 1.82) is 0 Å². The van der Waals surface area contributed by atoms with E-state index in [1.54, 1.807) is 7.05 Å². The van der Waals surface area contributed by atoms with E-state index < -0.39 is 0 Å². The fraction of sp³-hybridized carbons (Fsp3) is 0.0714. The number of hydrogen-bond acceptors (Lipinski definition) is 2. The smallest absolute Gasteiger partial charge is 0.209 e. The van der Waals surface area contributed by atoms with Gasteiger partial charge < -0.3 is 5.32 Å². The fourth-order valence-corrected chi connectivity index (χ4v) is 2.20. The van der Waals surface area contributed by atoms with Crippen LogP contribution >= 0.6 is 0 Å². The molecule has 0 saturated heterocycles. The largest absolute Gasteiger partial charge is 0.385 e. The molecule has 0 atom stereocenters. The van der Waals surface area contributed by atoms with Crippen molar-refractivity contribution in [2.24, 2.45) is 0 Å². The molecule has 0 spiro atoms. The van der Waals surface area contributed by atoms with Crippen LogP contribution in [-0.2, 0) is 4.79 Å². The van der Waals surface area contributed by atoms with E-state index in [4.69, 9.17) is 0 Å².